The summed E-state index contributed by atoms with van der Waals surface area (Å²) in [7, 11) is 0. The van der Waals surface area contributed by atoms with Crippen LogP contribution in [0.5, 0.6) is 0 Å². The molecule has 12 heteroatoms. The topological polar surface area (TPSA) is 132 Å². The first-order chi connectivity index (χ1) is 18.0. The first-order valence-electron chi connectivity index (χ1n) is 11.8. The Morgan fingerprint density at radius 2 is 1.86 bits per heavy atom. The average Bonchev–Trinajstić information content (AvgIpc) is 3.70. The number of aromatic amines is 1. The number of thiophene rings is 1. The fraction of sp³-hybridized carbons (Fsp3) is 0.240. The van der Waals surface area contributed by atoms with Crippen molar-refractivity contribution >= 4 is 46.3 Å². The molecular formula is C25H25N7O3S2. The smallest absolute Gasteiger partial charge is 0.323 e. The summed E-state index contributed by atoms with van der Waals surface area (Å²) in [6.45, 7) is 1.15. The van der Waals surface area contributed by atoms with Gasteiger partial charge in [-0.15, -0.1) is 11.3 Å². The number of hydrogen-bond donors (Lipinski definition) is 4. The number of carbonyl (C=O) groups excluding carboxylic acids is 3. The quantitative estimate of drug-likeness (QED) is 0.277. The molecule has 1 aliphatic heterocycles. The predicted molar refractivity (Wildman–Crippen MR) is 142 cm³/mol. The second-order valence-corrected chi connectivity index (χ2v) is 10.3. The van der Waals surface area contributed by atoms with Crippen LogP contribution in [0.2, 0.25) is 0 Å². The second kappa shape index (κ2) is 11.4. The van der Waals surface area contributed by atoms with Crippen LogP contribution in [0.4, 0.5) is 10.6 Å². The van der Waals surface area contributed by atoms with E-state index in [4.69, 9.17) is 0 Å². The monoisotopic (exact) mass is 535 g/mol. The molecule has 4 aromatic rings. The van der Waals surface area contributed by atoms with Gasteiger partial charge in [0, 0.05) is 30.5 Å². The van der Waals surface area contributed by atoms with E-state index in [1.165, 1.54) is 22.7 Å². The number of piperidine rings is 1. The average molecular weight is 536 g/mol. The highest BCUT2D eigenvalue weighted by Crippen LogP contribution is 2.30. The molecule has 0 saturated carbocycles. The number of thiazole rings is 1. The van der Waals surface area contributed by atoms with Gasteiger partial charge in [-0.25, -0.2) is 9.78 Å². The lowest BCUT2D eigenvalue weighted by Gasteiger charge is -2.30. The van der Waals surface area contributed by atoms with Gasteiger partial charge in [0.1, 0.15) is 5.69 Å². The van der Waals surface area contributed by atoms with E-state index in [1.807, 2.05) is 53.2 Å². The third-order valence-electron chi connectivity index (χ3n) is 6.04. The van der Waals surface area contributed by atoms with Crippen LogP contribution >= 0.6 is 22.7 Å². The van der Waals surface area contributed by atoms with Gasteiger partial charge in [0.15, 0.2) is 5.82 Å². The van der Waals surface area contributed by atoms with E-state index in [0.29, 0.717) is 18.9 Å². The van der Waals surface area contributed by atoms with E-state index in [0.717, 1.165) is 34.7 Å². The summed E-state index contributed by atoms with van der Waals surface area (Å²) >= 11 is 2.93. The number of amides is 4. The highest BCUT2D eigenvalue weighted by molar-refractivity contribution is 7.10. The molecule has 4 N–H and O–H groups in total. The maximum atomic E-state index is 12.7. The maximum absolute atomic E-state index is 12.7. The van der Waals surface area contributed by atoms with E-state index in [9.17, 15) is 14.4 Å². The zero-order chi connectivity index (χ0) is 25.6. The van der Waals surface area contributed by atoms with Crippen LogP contribution in [-0.2, 0) is 11.2 Å². The van der Waals surface area contributed by atoms with Gasteiger partial charge in [-0.3, -0.25) is 30.9 Å². The molecule has 4 amide bonds. The molecule has 5 rings (SSSR count). The molecule has 3 aromatic heterocycles. The fourth-order valence-corrected chi connectivity index (χ4v) is 5.70. The van der Waals surface area contributed by atoms with Gasteiger partial charge < -0.3 is 4.90 Å². The van der Waals surface area contributed by atoms with E-state index < -0.39 is 5.91 Å². The van der Waals surface area contributed by atoms with E-state index in [1.54, 1.807) is 10.3 Å². The summed E-state index contributed by atoms with van der Waals surface area (Å²) in [5.74, 6) is -0.103. The fourth-order valence-electron chi connectivity index (χ4n) is 4.06. The van der Waals surface area contributed by atoms with Crippen molar-refractivity contribution in [3.63, 3.8) is 0 Å². The van der Waals surface area contributed by atoms with Crippen LogP contribution in [0, 0.1) is 0 Å². The van der Waals surface area contributed by atoms with E-state index >= 15 is 0 Å². The molecule has 4 heterocycles. The minimum absolute atomic E-state index is 0.166. The summed E-state index contributed by atoms with van der Waals surface area (Å²) in [5.41, 5.74) is 7.85. The molecule has 37 heavy (non-hydrogen) atoms. The number of anilines is 1. The van der Waals surface area contributed by atoms with Crippen molar-refractivity contribution < 1.29 is 14.4 Å². The zero-order valence-electron chi connectivity index (χ0n) is 19.8. The summed E-state index contributed by atoms with van der Waals surface area (Å²) in [4.78, 5) is 43.4. The minimum Gasteiger partial charge on any atom is -0.324 e. The molecule has 0 spiro atoms. The highest BCUT2D eigenvalue weighted by Gasteiger charge is 2.27. The van der Waals surface area contributed by atoms with E-state index in [2.05, 4.69) is 31.3 Å². The van der Waals surface area contributed by atoms with Crippen LogP contribution < -0.4 is 16.2 Å². The third kappa shape index (κ3) is 6.22. The van der Waals surface area contributed by atoms with Crippen molar-refractivity contribution in [1.82, 2.24) is 30.9 Å². The number of urea groups is 1. The Labute approximate surface area is 221 Å². The molecule has 0 radical (unpaired) electrons. The summed E-state index contributed by atoms with van der Waals surface area (Å²) in [6, 6.07) is 13.3. The first-order valence-corrected chi connectivity index (χ1v) is 13.6. The van der Waals surface area contributed by atoms with E-state index in [-0.39, 0.29) is 30.0 Å². The Kier molecular flexibility index (Phi) is 7.57. The molecule has 1 fully saturated rings. The molecule has 1 aliphatic rings. The standard InChI is InChI=1S/C25H25N7O3S2/c33-22(12-16-8-11-36-14-16)30-31-23(34)20-15-37-24(26-20)18-6-9-32(10-7-18)25(35)27-21-13-19(28-29-21)17-4-2-1-3-5-17/h1-5,8,11,13-15,18H,6-7,9-10,12H2,(H,30,33)(H,31,34)(H2,27,28,29,35). The van der Waals surface area contributed by atoms with Crippen molar-refractivity contribution in [2.45, 2.75) is 25.2 Å². The van der Waals surface area contributed by atoms with Gasteiger partial charge >= 0.3 is 6.03 Å². The number of aromatic nitrogens is 3. The largest absolute Gasteiger partial charge is 0.324 e. The number of carbonyl (C=O) groups is 3. The lowest BCUT2D eigenvalue weighted by molar-refractivity contribution is -0.121. The zero-order valence-corrected chi connectivity index (χ0v) is 21.4. The van der Waals surface area contributed by atoms with Gasteiger partial charge in [0.05, 0.1) is 17.1 Å². The Hall–Kier alpha value is -4.03. The number of hydrogen-bond acceptors (Lipinski definition) is 7. The van der Waals surface area contributed by atoms with Crippen LogP contribution in [0.25, 0.3) is 11.3 Å². The van der Waals surface area contributed by atoms with Crippen LogP contribution in [-0.4, -0.2) is 51.0 Å². The molecule has 1 aromatic carbocycles. The Morgan fingerprint density at radius 3 is 2.62 bits per heavy atom. The molecule has 0 atom stereocenters. The van der Waals surface area contributed by atoms with Gasteiger partial charge in [0.25, 0.3) is 5.91 Å². The summed E-state index contributed by atoms with van der Waals surface area (Å²) in [6.07, 6.45) is 1.69. The minimum atomic E-state index is -0.452. The number of rotatable bonds is 6. The SMILES string of the molecule is O=C(Cc1ccsc1)NNC(=O)c1csc(C2CCN(C(=O)Nc3cc(-c4ccccc4)[nH]n3)CC2)n1. The lowest BCUT2D eigenvalue weighted by Crippen LogP contribution is -2.42. The van der Waals surface area contributed by atoms with Crippen LogP contribution in [0.3, 0.4) is 0 Å². The molecule has 1 saturated heterocycles. The first kappa shape index (κ1) is 24.7. The predicted octanol–water partition coefficient (Wildman–Crippen LogP) is 4.01. The Morgan fingerprint density at radius 1 is 1.05 bits per heavy atom. The summed E-state index contributed by atoms with van der Waals surface area (Å²) < 4.78 is 0. The number of hydrazine groups is 1. The Bertz CT molecular complexity index is 1360. The van der Waals surface area contributed by atoms with Crippen LogP contribution in [0.1, 0.15) is 39.8 Å². The van der Waals surface area contributed by atoms with Gasteiger partial charge in [-0.2, -0.15) is 16.4 Å². The second-order valence-electron chi connectivity index (χ2n) is 8.61. The van der Waals surface area contributed by atoms with Crippen molar-refractivity contribution in [1.29, 1.82) is 0 Å². The molecule has 0 aliphatic carbocycles. The number of benzene rings is 1. The summed E-state index contributed by atoms with van der Waals surface area (Å²) in [5, 5.41) is 16.3. The lowest BCUT2D eigenvalue weighted by atomic mass is 9.98. The molecular weight excluding hydrogens is 510 g/mol. The highest BCUT2D eigenvalue weighted by atomic mass is 32.1. The van der Waals surface area contributed by atoms with Gasteiger partial charge in [-0.1, -0.05) is 30.3 Å². The molecule has 0 bridgehead atoms. The number of H-pyrrole nitrogens is 1. The normalized spacial score (nSPS) is 13.8. The number of likely N-dealkylation sites (tertiary alicyclic amines) is 1. The van der Waals surface area contributed by atoms with Crippen molar-refractivity contribution in [3.8, 4) is 11.3 Å². The van der Waals surface area contributed by atoms with Gasteiger partial charge in [-0.05, 0) is 40.8 Å². The third-order valence-corrected chi connectivity index (χ3v) is 7.78. The number of nitrogens with zero attached hydrogens (tertiary/aromatic N) is 3. The number of nitrogens with one attached hydrogen (secondary N) is 4. The molecule has 0 unspecified atom stereocenters. The van der Waals surface area contributed by atoms with Crippen molar-refractivity contribution in [3.05, 3.63) is 74.9 Å². The van der Waals surface area contributed by atoms with Crippen LogP contribution in [0.15, 0.2) is 58.6 Å². The van der Waals surface area contributed by atoms with Crippen molar-refractivity contribution in [2.24, 2.45) is 0 Å². The van der Waals surface area contributed by atoms with Crippen molar-refractivity contribution in [2.75, 3.05) is 18.4 Å². The maximum Gasteiger partial charge on any atom is 0.323 e. The molecule has 190 valence electrons. The van der Waals surface area contributed by atoms with Gasteiger partial charge in [0.2, 0.25) is 5.91 Å². The Balaban J connectivity index is 1.08. The molecule has 10 nitrogen and oxygen atoms in total.